The molecule has 2 N–H and O–H groups in total. The van der Waals surface area contributed by atoms with Gasteiger partial charge in [-0.15, -0.1) is 0 Å². The summed E-state index contributed by atoms with van der Waals surface area (Å²) in [4.78, 5) is 21.6. The molecule has 1 aliphatic carbocycles. The van der Waals surface area contributed by atoms with Gasteiger partial charge >= 0.3 is 6.03 Å². The number of carbonyl (C=O) groups excluding carboxylic acids is 1. The molecule has 1 amide bonds. The van der Waals surface area contributed by atoms with E-state index in [2.05, 4.69) is 39.7 Å². The number of nitrogens with zero attached hydrogens (tertiary/aromatic N) is 3. The van der Waals surface area contributed by atoms with E-state index in [4.69, 9.17) is 0 Å². The van der Waals surface area contributed by atoms with Crippen LogP contribution in [-0.2, 0) is 0 Å². The number of carbonyl (C=O) groups is 1. The number of aromatic nitrogens is 3. The van der Waals surface area contributed by atoms with Crippen LogP contribution < -0.4 is 10.6 Å². The molecule has 1 unspecified atom stereocenters. The van der Waals surface area contributed by atoms with Gasteiger partial charge in [0.15, 0.2) is 5.13 Å². The van der Waals surface area contributed by atoms with Crippen LogP contribution in [-0.4, -0.2) is 26.6 Å². The predicted molar refractivity (Wildman–Crippen MR) is 94.9 cm³/mol. The SMILES string of the molecule is Cc1nc(NC(=O)n2ccnc2)sc1C1=CC(C2(C)CC2)NC=C1. The van der Waals surface area contributed by atoms with Crippen LogP contribution in [0.3, 0.4) is 0 Å². The van der Waals surface area contributed by atoms with Crippen molar-refractivity contribution in [3.8, 4) is 0 Å². The van der Waals surface area contributed by atoms with Gasteiger partial charge in [0.2, 0.25) is 0 Å². The van der Waals surface area contributed by atoms with Gasteiger partial charge in [0.1, 0.15) is 6.33 Å². The van der Waals surface area contributed by atoms with Crippen LogP contribution in [0, 0.1) is 12.3 Å². The van der Waals surface area contributed by atoms with E-state index in [0.29, 0.717) is 16.6 Å². The molecular weight excluding hydrogens is 322 g/mol. The summed E-state index contributed by atoms with van der Waals surface area (Å²) in [6.07, 6.45) is 13.5. The second-order valence-electron chi connectivity index (χ2n) is 6.59. The van der Waals surface area contributed by atoms with Crippen molar-refractivity contribution < 1.29 is 4.79 Å². The highest BCUT2D eigenvalue weighted by molar-refractivity contribution is 7.17. The van der Waals surface area contributed by atoms with E-state index in [9.17, 15) is 4.79 Å². The van der Waals surface area contributed by atoms with Gasteiger partial charge in [0.05, 0.1) is 16.6 Å². The van der Waals surface area contributed by atoms with Gasteiger partial charge in [0.25, 0.3) is 0 Å². The Labute approximate surface area is 144 Å². The lowest BCUT2D eigenvalue weighted by Crippen LogP contribution is -2.32. The lowest BCUT2D eigenvalue weighted by Gasteiger charge is -2.24. The van der Waals surface area contributed by atoms with Crippen molar-refractivity contribution in [3.63, 3.8) is 0 Å². The number of imidazole rings is 1. The minimum atomic E-state index is -0.258. The molecule has 1 atom stereocenters. The second-order valence-corrected chi connectivity index (χ2v) is 7.59. The molecule has 0 aromatic carbocycles. The molecule has 1 aliphatic heterocycles. The van der Waals surface area contributed by atoms with Crippen molar-refractivity contribution in [1.29, 1.82) is 0 Å². The quantitative estimate of drug-likeness (QED) is 0.897. The fourth-order valence-corrected chi connectivity index (χ4v) is 3.80. The number of allylic oxidation sites excluding steroid dienone is 2. The average molecular weight is 341 g/mol. The third-order valence-corrected chi connectivity index (χ3v) is 5.81. The lowest BCUT2D eigenvalue weighted by atomic mass is 9.94. The lowest BCUT2D eigenvalue weighted by molar-refractivity contribution is 0.253. The molecule has 0 bridgehead atoms. The first-order valence-electron chi connectivity index (χ1n) is 7.97. The Morgan fingerprint density at radius 1 is 1.50 bits per heavy atom. The molecule has 7 heteroatoms. The molecule has 2 aromatic heterocycles. The Morgan fingerprint density at radius 3 is 3.04 bits per heavy atom. The van der Waals surface area contributed by atoms with Gasteiger partial charge in [-0.1, -0.05) is 24.3 Å². The molecule has 6 nitrogen and oxygen atoms in total. The van der Waals surface area contributed by atoms with E-state index >= 15 is 0 Å². The summed E-state index contributed by atoms with van der Waals surface area (Å²) >= 11 is 1.50. The second kappa shape index (κ2) is 5.59. The largest absolute Gasteiger partial charge is 0.384 e. The number of rotatable bonds is 3. The standard InChI is InChI=1S/C17H19N5OS/c1-11-14(12-3-6-19-13(9-12)17(2)4-5-17)24-15(20-11)21-16(23)22-8-7-18-10-22/h3,6-10,13,19H,4-5H2,1-2H3,(H,20,21,23). The number of dihydropyridines is 1. The van der Waals surface area contributed by atoms with Crippen LogP contribution >= 0.6 is 11.3 Å². The molecule has 2 aromatic rings. The maximum Gasteiger partial charge on any atom is 0.333 e. The molecule has 124 valence electrons. The number of hydrogen-bond acceptors (Lipinski definition) is 5. The summed E-state index contributed by atoms with van der Waals surface area (Å²) < 4.78 is 1.39. The maximum atomic E-state index is 12.1. The number of hydrogen-bond donors (Lipinski definition) is 2. The summed E-state index contributed by atoms with van der Waals surface area (Å²) in [6.45, 7) is 4.29. The highest BCUT2D eigenvalue weighted by Gasteiger charge is 2.44. The molecule has 0 saturated heterocycles. The third-order valence-electron chi connectivity index (χ3n) is 4.69. The molecule has 0 spiro atoms. The molecular formula is C17H19N5OS. The Morgan fingerprint density at radius 2 is 2.33 bits per heavy atom. The topological polar surface area (TPSA) is 71.8 Å². The zero-order valence-corrected chi connectivity index (χ0v) is 14.4. The van der Waals surface area contributed by atoms with Crippen molar-refractivity contribution in [2.45, 2.75) is 32.7 Å². The van der Waals surface area contributed by atoms with Crippen molar-refractivity contribution in [1.82, 2.24) is 19.9 Å². The summed E-state index contributed by atoms with van der Waals surface area (Å²) in [5, 5.41) is 6.87. The maximum absolute atomic E-state index is 12.1. The van der Waals surface area contributed by atoms with Gasteiger partial charge in [-0.25, -0.2) is 14.8 Å². The van der Waals surface area contributed by atoms with E-state index in [1.165, 1.54) is 40.6 Å². The van der Waals surface area contributed by atoms with Crippen molar-refractivity contribution >= 4 is 28.1 Å². The number of aryl methyl sites for hydroxylation is 1. The van der Waals surface area contributed by atoms with Crippen LogP contribution in [0.2, 0.25) is 0 Å². The van der Waals surface area contributed by atoms with Crippen molar-refractivity contribution in [2.24, 2.45) is 5.41 Å². The van der Waals surface area contributed by atoms with Gasteiger partial charge in [-0.05, 0) is 43.0 Å². The average Bonchev–Trinajstić information content (AvgIpc) is 3.00. The monoisotopic (exact) mass is 341 g/mol. The Balaban J connectivity index is 1.56. The number of amides is 1. The van der Waals surface area contributed by atoms with Crippen LogP contribution in [0.1, 0.15) is 30.3 Å². The zero-order valence-electron chi connectivity index (χ0n) is 13.6. The first kappa shape index (κ1) is 15.1. The number of nitrogens with one attached hydrogen (secondary N) is 2. The van der Waals surface area contributed by atoms with Crippen molar-refractivity contribution in [2.75, 3.05) is 5.32 Å². The van der Waals surface area contributed by atoms with Crippen LogP contribution in [0.4, 0.5) is 9.93 Å². The summed E-state index contributed by atoms with van der Waals surface area (Å²) in [5.74, 6) is 0. The summed E-state index contributed by atoms with van der Waals surface area (Å²) in [7, 11) is 0. The molecule has 4 rings (SSSR count). The molecule has 2 aliphatic rings. The van der Waals surface area contributed by atoms with Gasteiger partial charge in [-0.3, -0.25) is 9.88 Å². The Bertz CT molecular complexity index is 829. The molecule has 3 heterocycles. The molecule has 0 radical (unpaired) electrons. The third kappa shape index (κ3) is 2.75. The minimum Gasteiger partial charge on any atom is -0.384 e. The minimum absolute atomic E-state index is 0.258. The predicted octanol–water partition coefficient (Wildman–Crippen LogP) is 3.40. The van der Waals surface area contributed by atoms with Crippen molar-refractivity contribution in [3.05, 3.63) is 47.6 Å². The fourth-order valence-electron chi connectivity index (χ4n) is 2.84. The van der Waals surface area contributed by atoms with E-state index in [-0.39, 0.29) is 6.03 Å². The summed E-state index contributed by atoms with van der Waals surface area (Å²) in [6, 6.07) is 0.106. The highest BCUT2D eigenvalue weighted by atomic mass is 32.1. The van der Waals surface area contributed by atoms with Crippen LogP contribution in [0.25, 0.3) is 5.57 Å². The van der Waals surface area contributed by atoms with E-state index in [1.54, 1.807) is 12.4 Å². The van der Waals surface area contributed by atoms with E-state index in [0.717, 1.165) is 10.6 Å². The normalized spacial score (nSPS) is 21.1. The first-order chi connectivity index (χ1) is 11.5. The first-order valence-corrected chi connectivity index (χ1v) is 8.78. The zero-order chi connectivity index (χ0) is 16.7. The fraction of sp³-hybridized carbons (Fsp3) is 0.353. The van der Waals surface area contributed by atoms with Gasteiger partial charge in [-0.2, -0.15) is 0 Å². The summed E-state index contributed by atoms with van der Waals surface area (Å²) in [5.41, 5.74) is 2.47. The number of anilines is 1. The number of thiazole rings is 1. The van der Waals surface area contributed by atoms with Crippen LogP contribution in [0.5, 0.6) is 0 Å². The smallest absolute Gasteiger partial charge is 0.333 e. The Kier molecular flexibility index (Phi) is 3.53. The van der Waals surface area contributed by atoms with Crippen LogP contribution in [0.15, 0.2) is 37.1 Å². The van der Waals surface area contributed by atoms with Gasteiger partial charge in [0, 0.05) is 12.4 Å². The molecule has 1 saturated carbocycles. The highest BCUT2D eigenvalue weighted by Crippen LogP contribution is 2.49. The molecule has 24 heavy (non-hydrogen) atoms. The van der Waals surface area contributed by atoms with E-state index in [1.807, 2.05) is 13.1 Å². The Hall–Kier alpha value is -2.41. The van der Waals surface area contributed by atoms with E-state index < -0.39 is 0 Å². The molecule has 1 fully saturated rings. The van der Waals surface area contributed by atoms with Gasteiger partial charge < -0.3 is 5.32 Å².